The Morgan fingerprint density at radius 3 is 2.26 bits per heavy atom. The van der Waals surface area contributed by atoms with Gasteiger partial charge in [0.05, 0.1) is 23.1 Å². The summed E-state index contributed by atoms with van der Waals surface area (Å²) in [5, 5.41) is 2.90. The van der Waals surface area contributed by atoms with E-state index >= 15 is 0 Å². The van der Waals surface area contributed by atoms with Gasteiger partial charge in [-0.3, -0.25) is 9.59 Å². The molecule has 1 atom stereocenters. The van der Waals surface area contributed by atoms with E-state index < -0.39 is 22.0 Å². The normalized spacial score (nSPS) is 12.3. The number of ether oxygens (including phenoxy) is 1. The summed E-state index contributed by atoms with van der Waals surface area (Å²) in [7, 11) is -2.45. The Bertz CT molecular complexity index is 958. The van der Waals surface area contributed by atoms with Crippen LogP contribution in [0.1, 0.15) is 24.2 Å². The van der Waals surface area contributed by atoms with Crippen LogP contribution in [0, 0.1) is 0 Å². The number of hydrogen-bond acceptors (Lipinski definition) is 5. The lowest BCUT2D eigenvalue weighted by Crippen LogP contribution is -2.41. The number of rotatable bonds is 7. The summed E-state index contributed by atoms with van der Waals surface area (Å²) < 4.78 is 32.1. The van der Waals surface area contributed by atoms with Crippen molar-refractivity contribution in [1.29, 1.82) is 0 Å². The van der Waals surface area contributed by atoms with Crippen molar-refractivity contribution in [2.75, 3.05) is 12.4 Å². The first-order chi connectivity index (χ1) is 12.6. The second kappa shape index (κ2) is 8.51. The van der Waals surface area contributed by atoms with Gasteiger partial charge in [-0.05, 0) is 44.2 Å². The van der Waals surface area contributed by atoms with Crippen LogP contribution in [0.4, 0.5) is 5.69 Å². The van der Waals surface area contributed by atoms with E-state index in [1.165, 1.54) is 51.3 Å². The third-order valence-electron chi connectivity index (χ3n) is 3.72. The lowest BCUT2D eigenvalue weighted by Gasteiger charge is -2.15. The Hall–Kier alpha value is -2.42. The van der Waals surface area contributed by atoms with Gasteiger partial charge >= 0.3 is 0 Å². The average molecular weight is 411 g/mol. The molecule has 0 aromatic heterocycles. The Morgan fingerprint density at radius 2 is 1.74 bits per heavy atom. The van der Waals surface area contributed by atoms with Crippen LogP contribution in [0.2, 0.25) is 5.02 Å². The molecule has 1 amide bonds. The molecule has 0 saturated heterocycles. The largest absolute Gasteiger partial charge is 0.495 e. The SMILES string of the molecule is COc1ccc(NC(=O)[C@H](C)NS(=O)(=O)c2ccc(C(C)=O)cc2)cc1Cl. The third kappa shape index (κ3) is 5.29. The molecule has 2 rings (SSSR count). The van der Waals surface area contributed by atoms with E-state index in [9.17, 15) is 18.0 Å². The van der Waals surface area contributed by atoms with Crippen LogP contribution in [-0.4, -0.2) is 33.3 Å². The topological polar surface area (TPSA) is 102 Å². The van der Waals surface area contributed by atoms with Crippen LogP contribution in [-0.2, 0) is 14.8 Å². The van der Waals surface area contributed by atoms with Gasteiger partial charge in [-0.25, -0.2) is 8.42 Å². The van der Waals surface area contributed by atoms with Gasteiger partial charge in [0.2, 0.25) is 15.9 Å². The molecule has 0 spiro atoms. The lowest BCUT2D eigenvalue weighted by atomic mass is 10.2. The number of benzene rings is 2. The summed E-state index contributed by atoms with van der Waals surface area (Å²) in [6.45, 7) is 2.81. The quantitative estimate of drug-likeness (QED) is 0.683. The summed E-state index contributed by atoms with van der Waals surface area (Å²) in [6, 6.07) is 9.10. The molecule has 0 bridgehead atoms. The van der Waals surface area contributed by atoms with Gasteiger partial charge in [0.25, 0.3) is 0 Å². The first-order valence-corrected chi connectivity index (χ1v) is 9.78. The van der Waals surface area contributed by atoms with E-state index in [1.54, 1.807) is 12.1 Å². The molecule has 0 unspecified atom stereocenters. The molecule has 0 saturated carbocycles. The fraction of sp³-hybridized carbons (Fsp3) is 0.222. The molecule has 2 aromatic carbocycles. The van der Waals surface area contributed by atoms with Crippen LogP contribution in [0.3, 0.4) is 0 Å². The maximum Gasteiger partial charge on any atom is 0.242 e. The van der Waals surface area contributed by atoms with Gasteiger partial charge in [0.1, 0.15) is 5.75 Å². The fourth-order valence-electron chi connectivity index (χ4n) is 2.22. The van der Waals surface area contributed by atoms with Gasteiger partial charge in [-0.15, -0.1) is 0 Å². The van der Waals surface area contributed by atoms with Crippen LogP contribution < -0.4 is 14.8 Å². The summed E-state index contributed by atoms with van der Waals surface area (Å²) in [5.74, 6) is -0.268. The zero-order valence-corrected chi connectivity index (χ0v) is 16.5. The second-order valence-electron chi connectivity index (χ2n) is 5.76. The number of hydrogen-bond donors (Lipinski definition) is 2. The van der Waals surface area contributed by atoms with E-state index in [0.717, 1.165) is 0 Å². The zero-order valence-electron chi connectivity index (χ0n) is 14.9. The number of halogens is 1. The number of Topliss-reactive ketones (excluding diaryl/α,β-unsaturated/α-hetero) is 1. The van der Waals surface area contributed by atoms with Crippen LogP contribution in [0.5, 0.6) is 5.75 Å². The van der Waals surface area contributed by atoms with E-state index in [0.29, 0.717) is 22.0 Å². The molecule has 0 aliphatic rings. The predicted molar refractivity (Wildman–Crippen MR) is 103 cm³/mol. The number of amides is 1. The number of sulfonamides is 1. The molecule has 144 valence electrons. The van der Waals surface area contributed by atoms with Crippen molar-refractivity contribution in [2.45, 2.75) is 24.8 Å². The first-order valence-electron chi connectivity index (χ1n) is 7.92. The van der Waals surface area contributed by atoms with E-state index in [4.69, 9.17) is 16.3 Å². The highest BCUT2D eigenvalue weighted by atomic mass is 35.5. The van der Waals surface area contributed by atoms with Gasteiger partial charge in [-0.1, -0.05) is 23.7 Å². The van der Waals surface area contributed by atoms with Crippen molar-refractivity contribution < 1.29 is 22.7 Å². The number of carbonyl (C=O) groups is 2. The Balaban J connectivity index is 2.08. The molecule has 2 aromatic rings. The first kappa shape index (κ1) is 20.9. The standard InChI is InChI=1S/C18H19ClN2O5S/c1-11(18(23)20-14-6-9-17(26-3)16(19)10-14)21-27(24,25)15-7-4-13(5-8-15)12(2)22/h4-11,21H,1-3H3,(H,20,23)/t11-/m0/s1. The molecule has 0 aliphatic heterocycles. The Kier molecular flexibility index (Phi) is 6.59. The van der Waals surface area contributed by atoms with E-state index in [-0.39, 0.29) is 10.7 Å². The van der Waals surface area contributed by atoms with Crippen LogP contribution >= 0.6 is 11.6 Å². The van der Waals surface area contributed by atoms with Crippen molar-refractivity contribution in [3.8, 4) is 5.75 Å². The molecule has 7 nitrogen and oxygen atoms in total. The third-order valence-corrected chi connectivity index (χ3v) is 5.57. The van der Waals surface area contributed by atoms with Crippen LogP contribution in [0.25, 0.3) is 0 Å². The number of carbonyl (C=O) groups excluding carboxylic acids is 2. The summed E-state index contributed by atoms with van der Waals surface area (Å²) in [4.78, 5) is 23.5. The predicted octanol–water partition coefficient (Wildman–Crippen LogP) is 2.86. The fourth-order valence-corrected chi connectivity index (χ4v) is 3.68. The number of methoxy groups -OCH3 is 1. The molecule has 0 heterocycles. The van der Waals surface area contributed by atoms with Crippen LogP contribution in [0.15, 0.2) is 47.4 Å². The van der Waals surface area contributed by atoms with Crippen molar-refractivity contribution >= 4 is 39.0 Å². The second-order valence-corrected chi connectivity index (χ2v) is 7.88. The highest BCUT2D eigenvalue weighted by molar-refractivity contribution is 7.89. The summed E-state index contributed by atoms with van der Waals surface area (Å²) >= 11 is 6.00. The molecule has 2 N–H and O–H groups in total. The maximum atomic E-state index is 12.4. The van der Waals surface area contributed by atoms with E-state index in [1.807, 2.05) is 0 Å². The number of nitrogens with one attached hydrogen (secondary N) is 2. The van der Waals surface area contributed by atoms with Crippen molar-refractivity contribution in [3.05, 3.63) is 53.1 Å². The minimum absolute atomic E-state index is 0.0420. The molecule has 0 aliphatic carbocycles. The van der Waals surface area contributed by atoms with Crippen molar-refractivity contribution in [1.82, 2.24) is 4.72 Å². The van der Waals surface area contributed by atoms with Gasteiger partial charge < -0.3 is 10.1 Å². The molecular formula is C18H19ClN2O5S. The zero-order chi connectivity index (χ0) is 20.2. The molecule has 27 heavy (non-hydrogen) atoms. The average Bonchev–Trinajstić information content (AvgIpc) is 2.61. The van der Waals surface area contributed by atoms with Gasteiger partial charge in [-0.2, -0.15) is 4.72 Å². The summed E-state index contributed by atoms with van der Waals surface area (Å²) in [5.41, 5.74) is 0.804. The van der Waals surface area contributed by atoms with Crippen molar-refractivity contribution in [3.63, 3.8) is 0 Å². The highest BCUT2D eigenvalue weighted by Crippen LogP contribution is 2.27. The van der Waals surface area contributed by atoms with Crippen molar-refractivity contribution in [2.24, 2.45) is 0 Å². The Morgan fingerprint density at radius 1 is 1.11 bits per heavy atom. The minimum Gasteiger partial charge on any atom is -0.495 e. The highest BCUT2D eigenvalue weighted by Gasteiger charge is 2.22. The molecule has 0 radical (unpaired) electrons. The van der Waals surface area contributed by atoms with E-state index in [2.05, 4.69) is 10.0 Å². The lowest BCUT2D eigenvalue weighted by molar-refractivity contribution is -0.117. The molecular weight excluding hydrogens is 392 g/mol. The smallest absolute Gasteiger partial charge is 0.242 e. The summed E-state index contributed by atoms with van der Waals surface area (Å²) in [6.07, 6.45) is 0. The molecule has 0 fully saturated rings. The minimum atomic E-state index is -3.93. The number of ketones is 1. The molecule has 9 heteroatoms. The van der Waals surface area contributed by atoms with Gasteiger partial charge in [0.15, 0.2) is 5.78 Å². The Labute approximate surface area is 162 Å². The number of anilines is 1. The maximum absolute atomic E-state index is 12.4. The monoisotopic (exact) mass is 410 g/mol. The van der Waals surface area contributed by atoms with Gasteiger partial charge in [0, 0.05) is 11.3 Å².